The van der Waals surface area contributed by atoms with Crippen LogP contribution in [0.15, 0.2) is 0 Å². The van der Waals surface area contributed by atoms with Gasteiger partial charge in [-0.15, -0.1) is 0 Å². The van der Waals surface area contributed by atoms with Gasteiger partial charge in [0, 0.05) is 44.8 Å². The third kappa shape index (κ3) is 7.17. The highest BCUT2D eigenvalue weighted by molar-refractivity contribution is 5.78. The van der Waals surface area contributed by atoms with Gasteiger partial charge in [0.1, 0.15) is 0 Å². The molecule has 0 radical (unpaired) electrons. The van der Waals surface area contributed by atoms with Gasteiger partial charge >= 0.3 is 0 Å². The average molecular weight is 411 g/mol. The Hall–Kier alpha value is -0.730. The minimum Gasteiger partial charge on any atom is -0.379 e. The van der Waals surface area contributed by atoms with Crippen molar-refractivity contribution in [2.75, 3.05) is 72.1 Å². The number of likely N-dealkylation sites (tertiary alicyclic amines) is 1. The molecule has 0 saturated carbocycles. The molecule has 0 aromatic rings. The lowest BCUT2D eigenvalue weighted by molar-refractivity contribution is -0.123. The highest BCUT2D eigenvalue weighted by Crippen LogP contribution is 2.21. The lowest BCUT2D eigenvalue weighted by Crippen LogP contribution is -2.56. The maximum Gasteiger partial charge on any atom is 0.234 e. The van der Waals surface area contributed by atoms with E-state index in [1.165, 1.54) is 19.4 Å². The Morgan fingerprint density at radius 1 is 1.00 bits per heavy atom. The minimum absolute atomic E-state index is 0.0289. The molecule has 3 heterocycles. The van der Waals surface area contributed by atoms with Crippen LogP contribution in [0.1, 0.15) is 40.5 Å². The quantitative estimate of drug-likeness (QED) is 0.677. The fraction of sp³-hybridized carbons (Fsp3) is 0.955. The fourth-order valence-electron chi connectivity index (χ4n) is 4.98. The zero-order valence-electron chi connectivity index (χ0n) is 19.0. The van der Waals surface area contributed by atoms with Crippen molar-refractivity contribution in [2.45, 2.75) is 58.3 Å². The van der Waals surface area contributed by atoms with Crippen molar-refractivity contribution in [3.05, 3.63) is 0 Å². The number of piperidine rings is 1. The first-order valence-electron chi connectivity index (χ1n) is 11.5. The SMILES string of the molecule is CC1CN(CC2CCN(CC(=O)NCC(C)(C)N3CCOCC3)CC2)CC(C)O1. The molecule has 0 bridgehead atoms. The van der Waals surface area contributed by atoms with Gasteiger partial charge in [0.25, 0.3) is 0 Å². The molecule has 29 heavy (non-hydrogen) atoms. The maximum atomic E-state index is 12.5. The van der Waals surface area contributed by atoms with E-state index in [0.717, 1.165) is 58.4 Å². The Morgan fingerprint density at radius 3 is 2.24 bits per heavy atom. The van der Waals surface area contributed by atoms with E-state index < -0.39 is 0 Å². The summed E-state index contributed by atoms with van der Waals surface area (Å²) in [5.41, 5.74) is -0.0289. The average Bonchev–Trinajstić information content (AvgIpc) is 2.68. The first-order valence-corrected chi connectivity index (χ1v) is 11.5. The van der Waals surface area contributed by atoms with Gasteiger partial charge in [-0.2, -0.15) is 0 Å². The van der Waals surface area contributed by atoms with Crippen molar-refractivity contribution >= 4 is 5.91 Å². The summed E-state index contributed by atoms with van der Waals surface area (Å²) in [5.74, 6) is 0.896. The van der Waals surface area contributed by atoms with Gasteiger partial charge in [-0.05, 0) is 59.5 Å². The normalized spacial score (nSPS) is 29.1. The summed E-state index contributed by atoms with van der Waals surface area (Å²) in [6.45, 7) is 18.7. The smallest absolute Gasteiger partial charge is 0.234 e. The van der Waals surface area contributed by atoms with E-state index in [1.54, 1.807) is 0 Å². The molecular weight excluding hydrogens is 368 g/mol. The van der Waals surface area contributed by atoms with Crippen LogP contribution in [0.3, 0.4) is 0 Å². The molecule has 2 atom stereocenters. The van der Waals surface area contributed by atoms with Gasteiger partial charge in [0.05, 0.1) is 32.0 Å². The van der Waals surface area contributed by atoms with E-state index >= 15 is 0 Å². The molecule has 3 fully saturated rings. The highest BCUT2D eigenvalue weighted by atomic mass is 16.5. The number of amides is 1. The Labute approximate surface area is 177 Å². The molecule has 168 valence electrons. The molecule has 7 nitrogen and oxygen atoms in total. The van der Waals surface area contributed by atoms with Crippen molar-refractivity contribution in [1.82, 2.24) is 20.0 Å². The first-order chi connectivity index (χ1) is 13.8. The second kappa shape index (κ2) is 10.5. The summed E-state index contributed by atoms with van der Waals surface area (Å²) >= 11 is 0. The molecule has 0 aromatic heterocycles. The molecule has 0 aliphatic carbocycles. The predicted octanol–water partition coefficient (Wildman–Crippen LogP) is 1.03. The molecule has 1 N–H and O–H groups in total. The summed E-state index contributed by atoms with van der Waals surface area (Å²) in [5, 5.41) is 3.17. The van der Waals surface area contributed by atoms with Gasteiger partial charge in [-0.1, -0.05) is 0 Å². The van der Waals surface area contributed by atoms with Crippen LogP contribution in [-0.2, 0) is 14.3 Å². The number of rotatable bonds is 7. The molecule has 3 aliphatic rings. The summed E-state index contributed by atoms with van der Waals surface area (Å²) in [4.78, 5) is 19.8. The molecule has 3 aliphatic heterocycles. The first kappa shape index (κ1) is 22.9. The number of nitrogens with zero attached hydrogens (tertiary/aromatic N) is 3. The second-order valence-corrected chi connectivity index (χ2v) is 9.88. The summed E-state index contributed by atoms with van der Waals surface area (Å²) < 4.78 is 11.3. The van der Waals surface area contributed by atoms with Crippen LogP contribution in [0.4, 0.5) is 0 Å². The van der Waals surface area contributed by atoms with Crippen LogP contribution in [0, 0.1) is 5.92 Å². The zero-order valence-corrected chi connectivity index (χ0v) is 19.0. The van der Waals surface area contributed by atoms with Crippen LogP contribution in [0.2, 0.25) is 0 Å². The molecule has 0 aromatic carbocycles. The van der Waals surface area contributed by atoms with Gasteiger partial charge in [-0.25, -0.2) is 0 Å². The van der Waals surface area contributed by atoms with Crippen LogP contribution in [0.5, 0.6) is 0 Å². The van der Waals surface area contributed by atoms with Gasteiger partial charge in [0.2, 0.25) is 5.91 Å². The van der Waals surface area contributed by atoms with E-state index in [9.17, 15) is 4.79 Å². The standard InChI is InChI=1S/C22H42N4O3/c1-18-13-25(14-19(2)29-18)15-20-5-7-24(8-6-20)16-21(27)23-17-22(3,4)26-9-11-28-12-10-26/h18-20H,5-17H2,1-4H3,(H,23,27). The lowest BCUT2D eigenvalue weighted by atomic mass is 9.95. The van der Waals surface area contributed by atoms with E-state index in [0.29, 0.717) is 25.3 Å². The summed E-state index contributed by atoms with van der Waals surface area (Å²) in [6, 6.07) is 0. The van der Waals surface area contributed by atoms with E-state index in [1.807, 2.05) is 0 Å². The third-order valence-electron chi connectivity index (χ3n) is 6.67. The number of hydrogen-bond acceptors (Lipinski definition) is 6. The molecular formula is C22H42N4O3. The van der Waals surface area contributed by atoms with Gasteiger partial charge in [-0.3, -0.25) is 19.5 Å². The number of ether oxygens (including phenoxy) is 2. The molecule has 2 unspecified atom stereocenters. The van der Waals surface area contributed by atoms with Crippen molar-refractivity contribution in [3.63, 3.8) is 0 Å². The fourth-order valence-corrected chi connectivity index (χ4v) is 4.98. The maximum absolute atomic E-state index is 12.5. The topological polar surface area (TPSA) is 57.3 Å². The number of carbonyl (C=O) groups is 1. The monoisotopic (exact) mass is 410 g/mol. The lowest BCUT2D eigenvalue weighted by Gasteiger charge is -2.41. The second-order valence-electron chi connectivity index (χ2n) is 9.88. The molecule has 3 rings (SSSR count). The van der Waals surface area contributed by atoms with E-state index in [4.69, 9.17) is 9.47 Å². The third-order valence-corrected chi connectivity index (χ3v) is 6.67. The number of morpholine rings is 2. The molecule has 7 heteroatoms. The summed E-state index contributed by atoms with van der Waals surface area (Å²) in [6.07, 6.45) is 3.05. The Balaban J connectivity index is 1.33. The molecule has 0 spiro atoms. The van der Waals surface area contributed by atoms with Crippen LogP contribution < -0.4 is 5.32 Å². The molecule has 1 amide bonds. The van der Waals surface area contributed by atoms with E-state index in [-0.39, 0.29) is 11.4 Å². The van der Waals surface area contributed by atoms with Crippen molar-refractivity contribution in [1.29, 1.82) is 0 Å². The van der Waals surface area contributed by atoms with Gasteiger partial charge < -0.3 is 14.8 Å². The van der Waals surface area contributed by atoms with Crippen LogP contribution >= 0.6 is 0 Å². The minimum atomic E-state index is -0.0289. The summed E-state index contributed by atoms with van der Waals surface area (Å²) in [7, 11) is 0. The Bertz CT molecular complexity index is 506. The van der Waals surface area contributed by atoms with Crippen molar-refractivity contribution in [2.24, 2.45) is 5.92 Å². The highest BCUT2D eigenvalue weighted by Gasteiger charge is 2.30. The van der Waals surface area contributed by atoms with Crippen molar-refractivity contribution in [3.8, 4) is 0 Å². The molecule has 3 saturated heterocycles. The number of nitrogens with one attached hydrogen (secondary N) is 1. The largest absolute Gasteiger partial charge is 0.379 e. The number of hydrogen-bond donors (Lipinski definition) is 1. The number of carbonyl (C=O) groups excluding carboxylic acids is 1. The van der Waals surface area contributed by atoms with Crippen LogP contribution in [-0.4, -0.2) is 110 Å². The zero-order chi connectivity index (χ0) is 20.9. The van der Waals surface area contributed by atoms with Crippen molar-refractivity contribution < 1.29 is 14.3 Å². The Kier molecular flexibility index (Phi) is 8.33. The van der Waals surface area contributed by atoms with Crippen LogP contribution in [0.25, 0.3) is 0 Å². The predicted molar refractivity (Wildman–Crippen MR) is 115 cm³/mol. The van der Waals surface area contributed by atoms with E-state index in [2.05, 4.69) is 47.7 Å². The van der Waals surface area contributed by atoms with Gasteiger partial charge in [0.15, 0.2) is 0 Å². The Morgan fingerprint density at radius 2 is 1.62 bits per heavy atom.